The molecule has 43 heavy (non-hydrogen) atoms. The Bertz CT molecular complexity index is 1810. The van der Waals surface area contributed by atoms with Gasteiger partial charge in [-0.1, -0.05) is 24.3 Å². The first-order valence-corrected chi connectivity index (χ1v) is 14.4. The molecule has 3 heterocycles. The number of carbonyl (C=O) groups is 1. The molecule has 0 unspecified atom stereocenters. The monoisotopic (exact) mass is 576 g/mol. The molecule has 1 aliphatic rings. The lowest BCUT2D eigenvalue weighted by Gasteiger charge is -2.32. The summed E-state index contributed by atoms with van der Waals surface area (Å²) < 4.78 is 8.07. The molecule has 10 heteroatoms. The number of ether oxygens (including phenoxy) is 1. The molecule has 1 amide bonds. The van der Waals surface area contributed by atoms with Gasteiger partial charge in [-0.15, -0.1) is 0 Å². The Kier molecular flexibility index (Phi) is 7.79. The van der Waals surface area contributed by atoms with E-state index in [1.165, 1.54) is 5.56 Å². The molecule has 0 spiro atoms. The van der Waals surface area contributed by atoms with Crippen LogP contribution < -0.4 is 15.8 Å². The van der Waals surface area contributed by atoms with E-state index in [1.54, 1.807) is 12.4 Å². The van der Waals surface area contributed by atoms with Crippen molar-refractivity contribution in [3.8, 4) is 23.0 Å². The van der Waals surface area contributed by atoms with Crippen molar-refractivity contribution in [3.63, 3.8) is 0 Å². The summed E-state index contributed by atoms with van der Waals surface area (Å²) in [5, 5.41) is 3.07. The van der Waals surface area contributed by atoms with Gasteiger partial charge in [0, 0.05) is 62.3 Å². The fraction of sp³-hybridized carbons (Fsp3) is 0.273. The van der Waals surface area contributed by atoms with Crippen LogP contribution >= 0.6 is 0 Å². The summed E-state index contributed by atoms with van der Waals surface area (Å²) >= 11 is 0. The summed E-state index contributed by atoms with van der Waals surface area (Å²) in [4.78, 5) is 32.1. The van der Waals surface area contributed by atoms with Gasteiger partial charge in [-0.2, -0.15) is 4.98 Å². The molecule has 0 saturated carbocycles. The fourth-order valence-corrected chi connectivity index (χ4v) is 5.28. The number of hydrogen-bond acceptors (Lipinski definition) is 8. The number of nitrogens with zero attached hydrogens (tertiary/aromatic N) is 6. The number of benzene rings is 3. The van der Waals surface area contributed by atoms with Crippen LogP contribution in [0.1, 0.15) is 27.0 Å². The highest BCUT2D eigenvalue weighted by atomic mass is 16.5. The number of anilines is 2. The van der Waals surface area contributed by atoms with Crippen LogP contribution in [0.15, 0.2) is 67.0 Å². The maximum atomic E-state index is 13.4. The Labute approximate surface area is 251 Å². The average molecular weight is 577 g/mol. The molecule has 1 saturated heterocycles. The van der Waals surface area contributed by atoms with E-state index < -0.39 is 0 Å². The zero-order valence-corrected chi connectivity index (χ0v) is 25.0. The third-order valence-corrected chi connectivity index (χ3v) is 7.93. The molecular formula is C33H36N8O2. The first-order valence-electron chi connectivity index (χ1n) is 14.4. The summed E-state index contributed by atoms with van der Waals surface area (Å²) in [6.07, 6.45) is 1.67. The highest BCUT2D eigenvalue weighted by Gasteiger charge is 2.18. The fourth-order valence-electron chi connectivity index (χ4n) is 5.28. The van der Waals surface area contributed by atoms with E-state index >= 15 is 0 Å². The van der Waals surface area contributed by atoms with Gasteiger partial charge in [0.15, 0.2) is 17.0 Å². The zero-order valence-electron chi connectivity index (χ0n) is 25.0. The van der Waals surface area contributed by atoms with Gasteiger partial charge in [-0.3, -0.25) is 9.69 Å². The molecule has 10 nitrogen and oxygen atoms in total. The Morgan fingerprint density at radius 2 is 1.77 bits per heavy atom. The number of nitrogens with two attached hydrogens (primary N) is 1. The maximum Gasteiger partial charge on any atom is 0.256 e. The third-order valence-electron chi connectivity index (χ3n) is 7.93. The highest BCUT2D eigenvalue weighted by Crippen LogP contribution is 2.31. The van der Waals surface area contributed by atoms with Crippen LogP contribution in [0.3, 0.4) is 0 Å². The van der Waals surface area contributed by atoms with Gasteiger partial charge in [-0.25, -0.2) is 9.97 Å². The summed E-state index contributed by atoms with van der Waals surface area (Å²) in [6.45, 7) is 9.22. The standard InChI is InChI=1S/C33H36N8O2/c1-21-8-11-27(43-33-29-31(40(4)20-35-29)37-30(38-33)23-6-5-7-25(34)17-23)18-28(21)32(42)36-26-10-9-24(22(2)16-26)19-41-14-12-39(3)13-15-41/h5-11,16-18,20H,12-15,19,34H2,1-4H3,(H,36,42). The number of carbonyl (C=O) groups excluding carboxylic acids is 1. The second-order valence-corrected chi connectivity index (χ2v) is 11.3. The second-order valence-electron chi connectivity index (χ2n) is 11.3. The van der Waals surface area contributed by atoms with Crippen molar-refractivity contribution in [2.75, 3.05) is 44.3 Å². The Morgan fingerprint density at radius 3 is 2.53 bits per heavy atom. The van der Waals surface area contributed by atoms with E-state index in [-0.39, 0.29) is 5.91 Å². The minimum atomic E-state index is -0.208. The number of rotatable bonds is 7. The lowest BCUT2D eigenvalue weighted by Crippen LogP contribution is -2.43. The SMILES string of the molecule is Cc1cc(NC(=O)c2cc(Oc3nc(-c4cccc(N)c4)nc4c3ncn4C)ccc2C)ccc1CN1CCN(C)CC1. The van der Waals surface area contributed by atoms with E-state index in [9.17, 15) is 4.79 Å². The van der Waals surface area contributed by atoms with Crippen LogP contribution in [0, 0.1) is 13.8 Å². The predicted octanol–water partition coefficient (Wildman–Crippen LogP) is 5.02. The summed E-state index contributed by atoms with van der Waals surface area (Å²) in [5.74, 6) is 1.03. The van der Waals surface area contributed by atoms with Crippen molar-refractivity contribution >= 4 is 28.4 Å². The smallest absolute Gasteiger partial charge is 0.256 e. The van der Waals surface area contributed by atoms with Crippen LogP contribution in [0.2, 0.25) is 0 Å². The van der Waals surface area contributed by atoms with Crippen molar-refractivity contribution in [1.29, 1.82) is 0 Å². The van der Waals surface area contributed by atoms with E-state index in [0.717, 1.165) is 55.1 Å². The summed E-state index contributed by atoms with van der Waals surface area (Å²) in [5.41, 5.74) is 13.1. The molecule has 1 fully saturated rings. The molecule has 0 bridgehead atoms. The Hall–Kier alpha value is -4.80. The van der Waals surface area contributed by atoms with Crippen LogP contribution in [-0.4, -0.2) is 68.5 Å². The van der Waals surface area contributed by atoms with E-state index in [1.807, 2.05) is 67.1 Å². The van der Waals surface area contributed by atoms with Crippen molar-refractivity contribution in [2.24, 2.45) is 7.05 Å². The molecule has 1 aliphatic heterocycles. The molecule has 3 N–H and O–H groups in total. The Morgan fingerprint density at radius 1 is 0.953 bits per heavy atom. The van der Waals surface area contributed by atoms with Crippen LogP contribution in [0.5, 0.6) is 11.6 Å². The number of aromatic nitrogens is 4. The number of nitrogen functional groups attached to an aromatic ring is 1. The van der Waals surface area contributed by atoms with Crippen molar-refractivity contribution in [2.45, 2.75) is 20.4 Å². The second kappa shape index (κ2) is 11.8. The number of likely N-dealkylation sites (N-methyl/N-ethyl adjacent to an activating group) is 1. The summed E-state index contributed by atoms with van der Waals surface area (Å²) in [6, 6.07) is 18.9. The number of piperazine rings is 1. The number of hydrogen-bond donors (Lipinski definition) is 2. The third kappa shape index (κ3) is 6.20. The number of nitrogens with one attached hydrogen (secondary N) is 1. The molecule has 0 atom stereocenters. The zero-order chi connectivity index (χ0) is 30.1. The minimum Gasteiger partial charge on any atom is -0.437 e. The van der Waals surface area contributed by atoms with Crippen LogP contribution in [0.4, 0.5) is 11.4 Å². The normalized spacial score (nSPS) is 14.2. The largest absolute Gasteiger partial charge is 0.437 e. The molecular weight excluding hydrogens is 540 g/mol. The van der Waals surface area contributed by atoms with Gasteiger partial charge in [0.2, 0.25) is 0 Å². The highest BCUT2D eigenvalue weighted by molar-refractivity contribution is 6.05. The van der Waals surface area contributed by atoms with Gasteiger partial charge < -0.3 is 25.3 Å². The minimum absolute atomic E-state index is 0.208. The topological polar surface area (TPSA) is 114 Å². The van der Waals surface area contributed by atoms with Gasteiger partial charge in [0.1, 0.15) is 5.75 Å². The van der Waals surface area contributed by atoms with Gasteiger partial charge in [0.25, 0.3) is 11.8 Å². The Balaban J connectivity index is 1.22. The summed E-state index contributed by atoms with van der Waals surface area (Å²) in [7, 11) is 4.03. The molecule has 0 radical (unpaired) electrons. The molecule has 220 valence electrons. The van der Waals surface area contributed by atoms with Crippen LogP contribution in [0.25, 0.3) is 22.6 Å². The van der Waals surface area contributed by atoms with Crippen molar-refractivity contribution < 1.29 is 9.53 Å². The number of amides is 1. The van der Waals surface area contributed by atoms with Crippen molar-refractivity contribution in [3.05, 3.63) is 89.2 Å². The average Bonchev–Trinajstić information content (AvgIpc) is 3.37. The number of imidazole rings is 1. The maximum absolute atomic E-state index is 13.4. The molecule has 6 rings (SSSR count). The first kappa shape index (κ1) is 28.3. The van der Waals surface area contributed by atoms with Gasteiger partial charge in [-0.05, 0) is 74.0 Å². The lowest BCUT2D eigenvalue weighted by atomic mass is 10.1. The molecule has 0 aliphatic carbocycles. The number of fused-ring (bicyclic) bond motifs is 1. The molecule has 5 aromatic rings. The number of aryl methyl sites for hydroxylation is 3. The van der Waals surface area contributed by atoms with Crippen LogP contribution in [-0.2, 0) is 13.6 Å². The predicted molar refractivity (Wildman–Crippen MR) is 169 cm³/mol. The van der Waals surface area contributed by atoms with Gasteiger partial charge in [0.05, 0.1) is 6.33 Å². The van der Waals surface area contributed by atoms with E-state index in [4.69, 9.17) is 10.5 Å². The van der Waals surface area contributed by atoms with Gasteiger partial charge >= 0.3 is 0 Å². The van der Waals surface area contributed by atoms with E-state index in [2.05, 4.69) is 50.1 Å². The van der Waals surface area contributed by atoms with Crippen molar-refractivity contribution in [1.82, 2.24) is 29.3 Å². The quantitative estimate of drug-likeness (QED) is 0.260. The lowest BCUT2D eigenvalue weighted by molar-refractivity contribution is 0.102. The van der Waals surface area contributed by atoms with E-state index in [0.29, 0.717) is 39.9 Å². The molecule has 2 aromatic heterocycles. The first-order chi connectivity index (χ1) is 20.7. The molecule has 3 aromatic carbocycles.